The number of thiazole rings is 1. The molecule has 0 aromatic carbocycles. The van der Waals surface area contributed by atoms with Crippen LogP contribution in [0.2, 0.25) is 5.28 Å². The summed E-state index contributed by atoms with van der Waals surface area (Å²) >= 11 is 9.80. The molecule has 2 aliphatic rings. The van der Waals surface area contributed by atoms with Gasteiger partial charge in [-0.2, -0.15) is 4.98 Å². The molecule has 0 N–H and O–H groups in total. The molecular weight excluding hydrogens is 492 g/mol. The number of anilines is 1. The molecule has 11 heteroatoms. The minimum atomic E-state index is 0.315. The highest BCUT2D eigenvalue weighted by atomic mass is 35.5. The lowest BCUT2D eigenvalue weighted by Gasteiger charge is -2.38. The standard InChI is InChI=1S/C23H31ClN6O2S2/c1-31-10-7-30(16-20-25-4-13-33-20)17-2-5-28(6-3-17)15-18-14-19-21(34-18)22(27-23(24)26-19)29-8-11-32-12-9-29/h4,13-14,17H,2-3,5-12,15-16H2,1H3. The molecule has 34 heavy (non-hydrogen) atoms. The van der Waals surface area contributed by atoms with Crippen molar-refractivity contribution in [3.63, 3.8) is 0 Å². The molecule has 5 rings (SSSR count). The second-order valence-corrected chi connectivity index (χ2v) is 11.2. The Labute approximate surface area is 213 Å². The largest absolute Gasteiger partial charge is 0.383 e. The zero-order chi connectivity index (χ0) is 23.3. The van der Waals surface area contributed by atoms with Crippen LogP contribution < -0.4 is 4.90 Å². The quantitative estimate of drug-likeness (QED) is 0.394. The number of halogens is 1. The summed E-state index contributed by atoms with van der Waals surface area (Å²) < 4.78 is 12.0. The molecule has 8 nitrogen and oxygen atoms in total. The van der Waals surface area contributed by atoms with Gasteiger partial charge in [-0.1, -0.05) is 0 Å². The van der Waals surface area contributed by atoms with Gasteiger partial charge in [-0.15, -0.1) is 22.7 Å². The normalized spacial score (nSPS) is 18.4. The summed E-state index contributed by atoms with van der Waals surface area (Å²) in [5.41, 5.74) is 0.950. The van der Waals surface area contributed by atoms with Gasteiger partial charge in [-0.25, -0.2) is 9.97 Å². The Kier molecular flexibility index (Phi) is 8.26. The fourth-order valence-electron chi connectivity index (χ4n) is 4.77. The van der Waals surface area contributed by atoms with Crippen molar-refractivity contribution in [3.05, 3.63) is 32.8 Å². The summed E-state index contributed by atoms with van der Waals surface area (Å²) in [6.07, 6.45) is 4.21. The van der Waals surface area contributed by atoms with E-state index in [1.807, 2.05) is 6.20 Å². The van der Waals surface area contributed by atoms with E-state index >= 15 is 0 Å². The molecule has 3 aromatic heterocycles. The van der Waals surface area contributed by atoms with Crippen LogP contribution in [-0.2, 0) is 22.6 Å². The Bertz CT molecular complexity index is 1050. The van der Waals surface area contributed by atoms with Crippen molar-refractivity contribution in [2.75, 3.05) is 64.6 Å². The Hall–Kier alpha value is -1.40. The zero-order valence-corrected chi connectivity index (χ0v) is 21.9. The predicted molar refractivity (Wildman–Crippen MR) is 138 cm³/mol. The molecule has 0 spiro atoms. The van der Waals surface area contributed by atoms with E-state index in [1.54, 1.807) is 29.8 Å². The summed E-state index contributed by atoms with van der Waals surface area (Å²) in [5.74, 6) is 0.948. The van der Waals surface area contributed by atoms with E-state index in [9.17, 15) is 0 Å². The molecule has 2 fully saturated rings. The van der Waals surface area contributed by atoms with Gasteiger partial charge < -0.3 is 14.4 Å². The number of ether oxygens (including phenoxy) is 2. The van der Waals surface area contributed by atoms with Crippen molar-refractivity contribution in [1.29, 1.82) is 0 Å². The molecule has 5 heterocycles. The number of morpholine rings is 1. The first-order valence-electron chi connectivity index (χ1n) is 11.8. The summed E-state index contributed by atoms with van der Waals surface area (Å²) in [6.45, 7) is 8.84. The molecule has 3 aromatic rings. The van der Waals surface area contributed by atoms with Gasteiger partial charge in [0.15, 0.2) is 5.82 Å². The van der Waals surface area contributed by atoms with Crippen LogP contribution in [0, 0.1) is 0 Å². The highest BCUT2D eigenvalue weighted by Gasteiger charge is 2.26. The van der Waals surface area contributed by atoms with Crippen LogP contribution in [0.4, 0.5) is 5.82 Å². The first kappa shape index (κ1) is 24.3. The summed E-state index contributed by atoms with van der Waals surface area (Å²) in [4.78, 5) is 22.3. The lowest BCUT2D eigenvalue weighted by atomic mass is 10.0. The number of hydrogen-bond donors (Lipinski definition) is 0. The minimum absolute atomic E-state index is 0.315. The van der Waals surface area contributed by atoms with Crippen molar-refractivity contribution >= 4 is 50.3 Å². The number of aromatic nitrogens is 3. The number of methoxy groups -OCH3 is 1. The number of rotatable bonds is 9. The van der Waals surface area contributed by atoms with Crippen LogP contribution in [0.15, 0.2) is 17.6 Å². The van der Waals surface area contributed by atoms with E-state index in [-0.39, 0.29) is 0 Å². The van der Waals surface area contributed by atoms with Crippen molar-refractivity contribution in [1.82, 2.24) is 24.8 Å². The lowest BCUT2D eigenvalue weighted by Crippen LogP contribution is -2.45. The maximum absolute atomic E-state index is 6.27. The third-order valence-electron chi connectivity index (χ3n) is 6.55. The molecule has 2 aliphatic heterocycles. The first-order chi connectivity index (χ1) is 16.7. The van der Waals surface area contributed by atoms with Crippen LogP contribution in [0.5, 0.6) is 0 Å². The molecule has 0 aliphatic carbocycles. The van der Waals surface area contributed by atoms with Gasteiger partial charge in [-0.05, 0) is 30.5 Å². The van der Waals surface area contributed by atoms with Gasteiger partial charge in [0.25, 0.3) is 0 Å². The van der Waals surface area contributed by atoms with Crippen molar-refractivity contribution in [2.24, 2.45) is 0 Å². The van der Waals surface area contributed by atoms with Crippen molar-refractivity contribution < 1.29 is 9.47 Å². The van der Waals surface area contributed by atoms with Gasteiger partial charge in [0, 0.05) is 68.9 Å². The summed E-state index contributed by atoms with van der Waals surface area (Å²) in [5, 5.41) is 3.55. The third-order valence-corrected chi connectivity index (χ3v) is 8.58. The van der Waals surface area contributed by atoms with Crippen LogP contribution in [0.1, 0.15) is 22.7 Å². The van der Waals surface area contributed by atoms with Gasteiger partial charge >= 0.3 is 0 Å². The van der Waals surface area contributed by atoms with E-state index in [1.165, 1.54) is 9.88 Å². The average molecular weight is 523 g/mol. The number of nitrogens with zero attached hydrogens (tertiary/aromatic N) is 6. The Morgan fingerprint density at radius 1 is 1.21 bits per heavy atom. The van der Waals surface area contributed by atoms with Gasteiger partial charge in [0.2, 0.25) is 5.28 Å². The maximum Gasteiger partial charge on any atom is 0.224 e. The van der Waals surface area contributed by atoms with Gasteiger partial charge in [0.1, 0.15) is 5.01 Å². The van der Waals surface area contributed by atoms with Crippen molar-refractivity contribution in [3.8, 4) is 0 Å². The number of thiophene rings is 1. The van der Waals surface area contributed by atoms with E-state index in [0.717, 1.165) is 94.5 Å². The Morgan fingerprint density at radius 2 is 2.03 bits per heavy atom. The van der Waals surface area contributed by atoms with Crippen molar-refractivity contribution in [2.45, 2.75) is 32.0 Å². The van der Waals surface area contributed by atoms with Crippen LogP contribution in [0.25, 0.3) is 10.2 Å². The number of fused-ring (bicyclic) bond motifs is 1. The zero-order valence-electron chi connectivity index (χ0n) is 19.5. The van der Waals surface area contributed by atoms with Gasteiger partial charge in [-0.3, -0.25) is 9.80 Å². The number of likely N-dealkylation sites (tertiary alicyclic amines) is 1. The monoisotopic (exact) mass is 522 g/mol. The second-order valence-electron chi connectivity index (χ2n) is 8.74. The van der Waals surface area contributed by atoms with Crippen LogP contribution >= 0.6 is 34.3 Å². The maximum atomic E-state index is 6.27. The molecule has 184 valence electrons. The number of hydrogen-bond acceptors (Lipinski definition) is 10. The number of piperidine rings is 1. The molecule has 0 amide bonds. The topological polar surface area (TPSA) is 66.9 Å². The van der Waals surface area contributed by atoms with E-state index in [0.29, 0.717) is 11.3 Å². The van der Waals surface area contributed by atoms with Gasteiger partial charge in [0.05, 0.1) is 36.6 Å². The Morgan fingerprint density at radius 3 is 2.76 bits per heavy atom. The second kappa shape index (κ2) is 11.6. The predicted octanol–water partition coefficient (Wildman–Crippen LogP) is 3.75. The molecule has 2 saturated heterocycles. The molecule has 0 radical (unpaired) electrons. The third kappa shape index (κ3) is 5.87. The van der Waals surface area contributed by atoms with E-state index < -0.39 is 0 Å². The average Bonchev–Trinajstić information content (AvgIpc) is 3.52. The van der Waals surface area contributed by atoms with E-state index in [4.69, 9.17) is 21.1 Å². The highest BCUT2D eigenvalue weighted by Crippen LogP contribution is 2.34. The fraction of sp³-hybridized carbons (Fsp3) is 0.609. The van der Waals surface area contributed by atoms with Crippen LogP contribution in [0.3, 0.4) is 0 Å². The Balaban J connectivity index is 1.23. The van der Waals surface area contributed by atoms with E-state index in [2.05, 4.69) is 41.1 Å². The lowest BCUT2D eigenvalue weighted by molar-refractivity contribution is 0.0719. The SMILES string of the molecule is COCCN(Cc1nccs1)C1CCN(Cc2cc3nc(Cl)nc(N4CCOCC4)c3s2)CC1. The molecular formula is C23H31ClN6O2S2. The smallest absolute Gasteiger partial charge is 0.224 e. The molecule has 0 bridgehead atoms. The minimum Gasteiger partial charge on any atom is -0.383 e. The summed E-state index contributed by atoms with van der Waals surface area (Å²) in [6, 6.07) is 2.76. The summed E-state index contributed by atoms with van der Waals surface area (Å²) in [7, 11) is 1.78. The fourth-order valence-corrected chi connectivity index (χ4v) is 6.74. The first-order valence-corrected chi connectivity index (χ1v) is 13.9. The van der Waals surface area contributed by atoms with Crippen LogP contribution in [-0.4, -0.2) is 90.4 Å². The molecule has 0 atom stereocenters. The molecule has 0 saturated carbocycles. The highest BCUT2D eigenvalue weighted by molar-refractivity contribution is 7.19. The molecule has 0 unspecified atom stereocenters.